The lowest BCUT2D eigenvalue weighted by molar-refractivity contribution is 0.0962. The quantitative estimate of drug-likeness (QED) is 0.680. The molecule has 5 nitrogen and oxygen atoms in total. The molecule has 2 heterocycles. The van der Waals surface area contributed by atoms with Crippen molar-refractivity contribution in [1.29, 1.82) is 0 Å². The van der Waals surface area contributed by atoms with Gasteiger partial charge in [-0.25, -0.2) is 0 Å². The van der Waals surface area contributed by atoms with E-state index in [4.69, 9.17) is 0 Å². The Labute approximate surface area is 98.3 Å². The van der Waals surface area contributed by atoms with Crippen LogP contribution in [0.1, 0.15) is 21.6 Å². The minimum Gasteiger partial charge on any atom is -0.387 e. The van der Waals surface area contributed by atoms with Gasteiger partial charge in [0.25, 0.3) is 5.91 Å². The fraction of sp³-hybridized carbons (Fsp3) is 0.167. The van der Waals surface area contributed by atoms with Gasteiger partial charge < -0.3 is 10.6 Å². The molecule has 1 aliphatic carbocycles. The Morgan fingerprint density at radius 3 is 3.24 bits per heavy atom. The number of nitrogens with one attached hydrogen (secondary N) is 3. The van der Waals surface area contributed by atoms with Gasteiger partial charge >= 0.3 is 0 Å². The molecule has 0 saturated heterocycles. The minimum atomic E-state index is -0.0640. The van der Waals surface area contributed by atoms with Crippen molar-refractivity contribution in [2.45, 2.75) is 6.54 Å². The molecule has 0 aromatic rings. The Balaban J connectivity index is 2.31. The van der Waals surface area contributed by atoms with Crippen LogP contribution < -0.4 is 10.6 Å². The average Bonchev–Trinajstić information content (AvgIpc) is 2.58. The van der Waals surface area contributed by atoms with Crippen LogP contribution in [0.2, 0.25) is 0 Å². The van der Waals surface area contributed by atoms with Crippen LogP contribution in [0.3, 0.4) is 0 Å². The summed E-state index contributed by atoms with van der Waals surface area (Å²) in [5.41, 5.74) is 4.63. The van der Waals surface area contributed by atoms with Crippen molar-refractivity contribution in [3.05, 3.63) is 35.3 Å². The topological polar surface area (TPSA) is 69.8 Å². The number of aromatic nitrogens is 2. The normalized spacial score (nSPS) is 13.2. The molecule has 0 aromatic carbocycles. The molecular formula is C12H12N4O. The zero-order valence-corrected chi connectivity index (χ0v) is 9.37. The minimum absolute atomic E-state index is 0.0640. The van der Waals surface area contributed by atoms with E-state index in [1.807, 2.05) is 24.5 Å². The van der Waals surface area contributed by atoms with E-state index in [1.54, 1.807) is 7.05 Å². The highest BCUT2D eigenvalue weighted by molar-refractivity contribution is 6.01. The van der Waals surface area contributed by atoms with Crippen molar-refractivity contribution in [3.8, 4) is 11.1 Å². The maximum atomic E-state index is 11.8. The zero-order valence-electron chi connectivity index (χ0n) is 9.37. The van der Waals surface area contributed by atoms with E-state index < -0.39 is 0 Å². The van der Waals surface area contributed by atoms with E-state index in [9.17, 15) is 4.79 Å². The summed E-state index contributed by atoms with van der Waals surface area (Å²) in [5, 5.41) is 12.9. The highest BCUT2D eigenvalue weighted by Crippen LogP contribution is 2.34. The summed E-state index contributed by atoms with van der Waals surface area (Å²) in [5.74, 6) is -0.0640. The zero-order chi connectivity index (χ0) is 11.8. The number of carbonyl (C=O) groups is 1. The third kappa shape index (κ3) is 1.39. The number of aromatic amines is 1. The number of nitrogens with zero attached hydrogens (tertiary/aromatic N) is 1. The predicted molar refractivity (Wildman–Crippen MR) is 64.5 cm³/mol. The fourth-order valence-electron chi connectivity index (χ4n) is 2.21. The van der Waals surface area contributed by atoms with Crippen molar-refractivity contribution in [2.75, 3.05) is 7.05 Å². The van der Waals surface area contributed by atoms with Gasteiger partial charge in [0.05, 0.1) is 5.69 Å². The molecule has 0 bridgehead atoms. The first-order valence-electron chi connectivity index (χ1n) is 5.42. The first-order chi connectivity index (χ1) is 8.31. The van der Waals surface area contributed by atoms with Crippen molar-refractivity contribution in [2.24, 2.45) is 0 Å². The third-order valence-corrected chi connectivity index (χ3v) is 2.99. The molecule has 0 atom stereocenters. The number of carbonyl (C=O) groups excluding carboxylic acids is 1. The SMILES string of the molecule is CNC(=O)c1cc2c[nH]nc3c-2c1CNC=C3. The van der Waals surface area contributed by atoms with E-state index >= 15 is 0 Å². The third-order valence-electron chi connectivity index (χ3n) is 2.99. The summed E-state index contributed by atoms with van der Waals surface area (Å²) in [6.07, 6.45) is 5.57. The van der Waals surface area contributed by atoms with Crippen molar-refractivity contribution < 1.29 is 4.79 Å². The number of hydrogen-bond donors (Lipinski definition) is 3. The van der Waals surface area contributed by atoms with Crippen molar-refractivity contribution >= 4 is 12.0 Å². The molecule has 0 aromatic heterocycles. The van der Waals surface area contributed by atoms with Crippen LogP contribution in [-0.4, -0.2) is 23.2 Å². The second-order valence-corrected chi connectivity index (χ2v) is 3.93. The van der Waals surface area contributed by atoms with Gasteiger partial charge in [0.15, 0.2) is 0 Å². The van der Waals surface area contributed by atoms with Gasteiger partial charge in [-0.15, -0.1) is 0 Å². The van der Waals surface area contributed by atoms with Gasteiger partial charge in [-0.2, -0.15) is 5.10 Å². The van der Waals surface area contributed by atoms with E-state index in [-0.39, 0.29) is 5.91 Å². The Morgan fingerprint density at radius 2 is 2.41 bits per heavy atom. The molecule has 0 spiro atoms. The summed E-state index contributed by atoms with van der Waals surface area (Å²) >= 11 is 0. The van der Waals surface area contributed by atoms with Crippen LogP contribution >= 0.6 is 0 Å². The smallest absolute Gasteiger partial charge is 0.251 e. The Hall–Kier alpha value is -2.30. The largest absolute Gasteiger partial charge is 0.387 e. The number of amides is 1. The summed E-state index contributed by atoms with van der Waals surface area (Å²) in [6, 6.07) is 1.89. The number of H-pyrrole nitrogens is 1. The molecular weight excluding hydrogens is 216 g/mol. The van der Waals surface area contributed by atoms with E-state index in [0.717, 1.165) is 22.4 Å². The lowest BCUT2D eigenvalue weighted by Crippen LogP contribution is -2.19. The Bertz CT molecular complexity index is 585. The molecule has 0 radical (unpaired) electrons. The van der Waals surface area contributed by atoms with E-state index in [0.29, 0.717) is 12.1 Å². The first-order valence-corrected chi connectivity index (χ1v) is 5.42. The van der Waals surface area contributed by atoms with Gasteiger partial charge in [0.2, 0.25) is 0 Å². The van der Waals surface area contributed by atoms with E-state index in [1.165, 1.54) is 0 Å². The lowest BCUT2D eigenvalue weighted by atomic mass is 10.1. The van der Waals surface area contributed by atoms with Gasteiger partial charge in [0, 0.05) is 36.5 Å². The summed E-state index contributed by atoms with van der Waals surface area (Å²) in [4.78, 5) is 11.8. The molecule has 2 aliphatic heterocycles. The Kier molecular flexibility index (Phi) is 2.11. The van der Waals surface area contributed by atoms with Crippen molar-refractivity contribution in [1.82, 2.24) is 20.8 Å². The maximum Gasteiger partial charge on any atom is 0.251 e. The van der Waals surface area contributed by atoms with Crippen LogP contribution in [-0.2, 0) is 6.54 Å². The molecule has 17 heavy (non-hydrogen) atoms. The molecule has 0 saturated carbocycles. The lowest BCUT2D eigenvalue weighted by Gasteiger charge is -2.05. The second-order valence-electron chi connectivity index (χ2n) is 3.93. The predicted octanol–water partition coefficient (Wildman–Crippen LogP) is 0.948. The number of rotatable bonds is 1. The highest BCUT2D eigenvalue weighted by Gasteiger charge is 2.23. The maximum absolute atomic E-state index is 11.8. The van der Waals surface area contributed by atoms with Crippen LogP contribution in [0.25, 0.3) is 17.2 Å². The molecule has 0 unspecified atom stereocenters. The van der Waals surface area contributed by atoms with E-state index in [2.05, 4.69) is 20.8 Å². The summed E-state index contributed by atoms with van der Waals surface area (Å²) in [6.45, 7) is 0.640. The molecule has 86 valence electrons. The van der Waals surface area contributed by atoms with Gasteiger partial charge in [-0.3, -0.25) is 9.89 Å². The Morgan fingerprint density at radius 1 is 1.53 bits per heavy atom. The average molecular weight is 228 g/mol. The highest BCUT2D eigenvalue weighted by atomic mass is 16.1. The van der Waals surface area contributed by atoms with Gasteiger partial charge in [-0.1, -0.05) is 0 Å². The van der Waals surface area contributed by atoms with Crippen LogP contribution in [0, 0.1) is 0 Å². The van der Waals surface area contributed by atoms with Gasteiger partial charge in [0.1, 0.15) is 0 Å². The monoisotopic (exact) mass is 228 g/mol. The summed E-state index contributed by atoms with van der Waals surface area (Å²) in [7, 11) is 1.64. The fourth-order valence-corrected chi connectivity index (χ4v) is 2.21. The van der Waals surface area contributed by atoms with Crippen LogP contribution in [0.5, 0.6) is 0 Å². The van der Waals surface area contributed by atoms with Crippen LogP contribution in [0.15, 0.2) is 18.5 Å². The molecule has 0 fully saturated rings. The molecule has 3 aliphatic rings. The van der Waals surface area contributed by atoms with Crippen molar-refractivity contribution in [3.63, 3.8) is 0 Å². The number of hydrogen-bond acceptors (Lipinski definition) is 3. The van der Waals surface area contributed by atoms with Crippen LogP contribution in [0.4, 0.5) is 0 Å². The molecule has 1 amide bonds. The molecule has 3 N–H and O–H groups in total. The summed E-state index contributed by atoms with van der Waals surface area (Å²) < 4.78 is 0. The molecule has 5 heteroatoms. The molecule has 3 rings (SSSR count). The standard InChI is InChI=1S/C12H12N4O/c1-13-12(17)8-4-7-5-15-16-10-2-3-14-6-9(8)11(7)10/h2-5,14-15H,6H2,1H3,(H,13,17). The second kappa shape index (κ2) is 3.62. The van der Waals surface area contributed by atoms with Gasteiger partial charge in [-0.05, 0) is 23.9 Å². The first kappa shape index (κ1) is 9.89.